The SMILES string of the molecule is Cc1cc(C)cc(OC(=O)c2nccnc2C(=O)O)c1. The maximum absolute atomic E-state index is 12.0. The highest BCUT2D eigenvalue weighted by molar-refractivity contribution is 6.00. The van der Waals surface area contributed by atoms with Gasteiger partial charge in [0.25, 0.3) is 0 Å². The molecule has 0 aliphatic carbocycles. The Hall–Kier alpha value is -2.76. The van der Waals surface area contributed by atoms with E-state index in [1.807, 2.05) is 19.9 Å². The van der Waals surface area contributed by atoms with E-state index in [1.54, 1.807) is 12.1 Å². The summed E-state index contributed by atoms with van der Waals surface area (Å²) in [6, 6.07) is 5.30. The first-order valence-corrected chi connectivity index (χ1v) is 5.82. The summed E-state index contributed by atoms with van der Waals surface area (Å²) in [7, 11) is 0. The Balaban J connectivity index is 2.31. The largest absolute Gasteiger partial charge is 0.476 e. The van der Waals surface area contributed by atoms with Crippen LogP contribution < -0.4 is 4.74 Å². The van der Waals surface area contributed by atoms with Crippen molar-refractivity contribution in [2.45, 2.75) is 13.8 Å². The number of ether oxygens (including phenoxy) is 1. The normalized spacial score (nSPS) is 10.1. The molecule has 0 fully saturated rings. The lowest BCUT2D eigenvalue weighted by atomic mass is 10.1. The van der Waals surface area contributed by atoms with Gasteiger partial charge in [-0.05, 0) is 37.1 Å². The number of nitrogens with zero attached hydrogens (tertiary/aromatic N) is 2. The van der Waals surface area contributed by atoms with E-state index in [9.17, 15) is 9.59 Å². The molecule has 0 bridgehead atoms. The monoisotopic (exact) mass is 272 g/mol. The molecule has 2 aromatic rings. The summed E-state index contributed by atoms with van der Waals surface area (Å²) < 4.78 is 5.15. The molecule has 6 nitrogen and oxygen atoms in total. The zero-order chi connectivity index (χ0) is 14.7. The number of aromatic nitrogens is 2. The Morgan fingerprint density at radius 1 is 1.00 bits per heavy atom. The summed E-state index contributed by atoms with van der Waals surface area (Å²) in [5.41, 5.74) is 1.12. The highest BCUT2D eigenvalue weighted by Gasteiger charge is 2.21. The zero-order valence-electron chi connectivity index (χ0n) is 11.0. The van der Waals surface area contributed by atoms with Crippen LogP contribution in [0.1, 0.15) is 32.1 Å². The van der Waals surface area contributed by atoms with Crippen LogP contribution in [0.5, 0.6) is 5.75 Å². The first-order chi connectivity index (χ1) is 9.47. The van der Waals surface area contributed by atoms with Crippen LogP contribution >= 0.6 is 0 Å². The van der Waals surface area contributed by atoms with Gasteiger partial charge in [0.05, 0.1) is 0 Å². The number of hydrogen-bond acceptors (Lipinski definition) is 5. The third-order valence-electron chi connectivity index (χ3n) is 2.50. The lowest BCUT2D eigenvalue weighted by Gasteiger charge is -2.07. The molecule has 102 valence electrons. The van der Waals surface area contributed by atoms with Crippen molar-refractivity contribution in [3.63, 3.8) is 0 Å². The molecule has 1 heterocycles. The average Bonchev–Trinajstić information content (AvgIpc) is 2.37. The van der Waals surface area contributed by atoms with Crippen LogP contribution in [-0.2, 0) is 0 Å². The molecule has 20 heavy (non-hydrogen) atoms. The van der Waals surface area contributed by atoms with Crippen molar-refractivity contribution >= 4 is 11.9 Å². The first-order valence-electron chi connectivity index (χ1n) is 5.82. The number of hydrogen-bond donors (Lipinski definition) is 1. The number of aryl methyl sites for hydroxylation is 2. The molecule has 0 aliphatic heterocycles. The Kier molecular flexibility index (Phi) is 3.74. The third kappa shape index (κ3) is 2.97. The predicted octanol–water partition coefficient (Wildman–Crippen LogP) is 2.01. The second kappa shape index (κ2) is 5.48. The highest BCUT2D eigenvalue weighted by atomic mass is 16.5. The van der Waals surface area contributed by atoms with Crippen LogP contribution in [0.3, 0.4) is 0 Å². The number of esters is 1. The van der Waals surface area contributed by atoms with Gasteiger partial charge in [-0.25, -0.2) is 19.6 Å². The molecular weight excluding hydrogens is 260 g/mol. The van der Waals surface area contributed by atoms with Crippen molar-refractivity contribution in [3.05, 3.63) is 53.1 Å². The minimum Gasteiger partial charge on any atom is -0.476 e. The van der Waals surface area contributed by atoms with Gasteiger partial charge in [-0.2, -0.15) is 0 Å². The number of rotatable bonds is 3. The Bertz CT molecular complexity index is 662. The van der Waals surface area contributed by atoms with E-state index >= 15 is 0 Å². The van der Waals surface area contributed by atoms with Crippen LogP contribution in [0, 0.1) is 13.8 Å². The van der Waals surface area contributed by atoms with E-state index in [4.69, 9.17) is 9.84 Å². The molecular formula is C14H12N2O4. The molecule has 0 saturated heterocycles. The van der Waals surface area contributed by atoms with Gasteiger partial charge in [0.2, 0.25) is 0 Å². The van der Waals surface area contributed by atoms with Crippen molar-refractivity contribution in [2.75, 3.05) is 0 Å². The third-order valence-corrected chi connectivity index (χ3v) is 2.50. The fourth-order valence-electron chi connectivity index (χ4n) is 1.79. The Morgan fingerprint density at radius 3 is 2.10 bits per heavy atom. The maximum Gasteiger partial charge on any atom is 0.364 e. The van der Waals surface area contributed by atoms with Crippen molar-refractivity contribution in [1.29, 1.82) is 0 Å². The molecule has 0 saturated carbocycles. The van der Waals surface area contributed by atoms with Crippen LogP contribution in [0.15, 0.2) is 30.6 Å². The van der Waals surface area contributed by atoms with Gasteiger partial charge < -0.3 is 9.84 Å². The lowest BCUT2D eigenvalue weighted by molar-refractivity contribution is 0.0657. The number of carboxylic acid groups (broad SMARTS) is 1. The molecule has 0 unspecified atom stereocenters. The van der Waals surface area contributed by atoms with Crippen molar-refractivity contribution in [3.8, 4) is 5.75 Å². The van der Waals surface area contributed by atoms with Crippen molar-refractivity contribution in [1.82, 2.24) is 9.97 Å². The van der Waals surface area contributed by atoms with E-state index in [0.717, 1.165) is 11.1 Å². The van der Waals surface area contributed by atoms with Crippen molar-refractivity contribution < 1.29 is 19.4 Å². The van der Waals surface area contributed by atoms with Gasteiger partial charge in [-0.15, -0.1) is 0 Å². The lowest BCUT2D eigenvalue weighted by Crippen LogP contribution is -2.17. The van der Waals surface area contributed by atoms with Crippen LogP contribution in [0.2, 0.25) is 0 Å². The summed E-state index contributed by atoms with van der Waals surface area (Å²) in [4.78, 5) is 30.3. The summed E-state index contributed by atoms with van der Waals surface area (Å²) in [6.45, 7) is 3.74. The topological polar surface area (TPSA) is 89.4 Å². The first kappa shape index (κ1) is 13.7. The molecule has 0 amide bonds. The standard InChI is InChI=1S/C14H12N2O4/c1-8-5-9(2)7-10(6-8)20-14(19)12-11(13(17)18)15-3-4-16-12/h3-7H,1-2H3,(H,17,18). The fourth-order valence-corrected chi connectivity index (χ4v) is 1.79. The van der Waals surface area contributed by atoms with E-state index in [0.29, 0.717) is 5.75 Å². The molecule has 0 radical (unpaired) electrons. The summed E-state index contributed by atoms with van der Waals surface area (Å²) >= 11 is 0. The summed E-state index contributed by atoms with van der Waals surface area (Å²) in [5, 5.41) is 8.96. The molecule has 1 aromatic heterocycles. The van der Waals surface area contributed by atoms with E-state index in [1.165, 1.54) is 12.4 Å². The molecule has 0 spiro atoms. The number of carbonyl (C=O) groups excluding carboxylic acids is 1. The second-order valence-corrected chi connectivity index (χ2v) is 4.27. The summed E-state index contributed by atoms with van der Waals surface area (Å²) in [5.74, 6) is -1.83. The molecule has 6 heteroatoms. The number of aromatic carboxylic acids is 1. The Morgan fingerprint density at radius 2 is 1.55 bits per heavy atom. The minimum atomic E-state index is -1.33. The Labute approximate surface area is 115 Å². The van der Waals surface area contributed by atoms with Gasteiger partial charge in [0.1, 0.15) is 5.75 Å². The van der Waals surface area contributed by atoms with Crippen LogP contribution in [0.4, 0.5) is 0 Å². The number of carbonyl (C=O) groups is 2. The van der Waals surface area contributed by atoms with E-state index in [2.05, 4.69) is 9.97 Å². The highest BCUT2D eigenvalue weighted by Crippen LogP contribution is 2.17. The predicted molar refractivity (Wildman–Crippen MR) is 69.9 cm³/mol. The van der Waals surface area contributed by atoms with Gasteiger partial charge in [0.15, 0.2) is 11.4 Å². The molecule has 1 N–H and O–H groups in total. The van der Waals surface area contributed by atoms with Crippen LogP contribution in [0.25, 0.3) is 0 Å². The minimum absolute atomic E-state index is 0.320. The molecule has 0 aliphatic rings. The quantitative estimate of drug-likeness (QED) is 0.679. The van der Waals surface area contributed by atoms with Gasteiger partial charge in [-0.1, -0.05) is 6.07 Å². The van der Waals surface area contributed by atoms with E-state index < -0.39 is 17.6 Å². The van der Waals surface area contributed by atoms with Gasteiger partial charge in [-0.3, -0.25) is 0 Å². The van der Waals surface area contributed by atoms with E-state index in [-0.39, 0.29) is 5.69 Å². The number of carboxylic acids is 1. The number of benzene rings is 1. The molecule has 0 atom stereocenters. The van der Waals surface area contributed by atoms with Crippen molar-refractivity contribution in [2.24, 2.45) is 0 Å². The molecule has 1 aromatic carbocycles. The van der Waals surface area contributed by atoms with Crippen LogP contribution in [-0.4, -0.2) is 27.0 Å². The summed E-state index contributed by atoms with van der Waals surface area (Å²) in [6.07, 6.45) is 2.45. The fraction of sp³-hybridized carbons (Fsp3) is 0.143. The molecule has 2 rings (SSSR count). The van der Waals surface area contributed by atoms with Gasteiger partial charge in [0, 0.05) is 12.4 Å². The second-order valence-electron chi connectivity index (χ2n) is 4.27. The maximum atomic E-state index is 12.0. The average molecular weight is 272 g/mol. The zero-order valence-corrected chi connectivity index (χ0v) is 11.0. The smallest absolute Gasteiger partial charge is 0.364 e. The van der Waals surface area contributed by atoms with Gasteiger partial charge >= 0.3 is 11.9 Å².